The van der Waals surface area contributed by atoms with E-state index in [0.29, 0.717) is 0 Å². The Morgan fingerprint density at radius 1 is 1.22 bits per heavy atom. The fraction of sp³-hybridized carbons (Fsp3) is 0.400. The number of rotatable bonds is 6. The first kappa shape index (κ1) is 12.8. The standard InChI is InChI=1S/C15H21N3/c1-13(16)15-11-17-18(12-15)10-6-5-9-14-7-3-2-4-8-14/h2-4,7-8,11-13H,5-6,9-10,16H2,1H3/t13-/m1/s1. The van der Waals surface area contributed by atoms with Gasteiger partial charge in [0, 0.05) is 24.3 Å². The molecule has 96 valence electrons. The number of unbranched alkanes of at least 4 members (excludes halogenated alkanes) is 1. The lowest BCUT2D eigenvalue weighted by Crippen LogP contribution is -2.04. The Morgan fingerprint density at radius 2 is 2.00 bits per heavy atom. The summed E-state index contributed by atoms with van der Waals surface area (Å²) in [6.45, 7) is 2.95. The normalized spacial score (nSPS) is 12.6. The Morgan fingerprint density at radius 3 is 2.67 bits per heavy atom. The highest BCUT2D eigenvalue weighted by Crippen LogP contribution is 2.09. The molecule has 3 heteroatoms. The van der Waals surface area contributed by atoms with Gasteiger partial charge in [-0.2, -0.15) is 5.10 Å². The van der Waals surface area contributed by atoms with E-state index in [1.807, 2.05) is 24.0 Å². The zero-order chi connectivity index (χ0) is 12.8. The second-order valence-electron chi connectivity index (χ2n) is 4.77. The Hall–Kier alpha value is -1.61. The van der Waals surface area contributed by atoms with Crippen LogP contribution >= 0.6 is 0 Å². The lowest BCUT2D eigenvalue weighted by molar-refractivity contribution is 0.557. The number of aromatic nitrogens is 2. The summed E-state index contributed by atoms with van der Waals surface area (Å²) in [6, 6.07) is 10.7. The Kier molecular flexibility index (Phi) is 4.53. The van der Waals surface area contributed by atoms with Gasteiger partial charge in [0.1, 0.15) is 0 Å². The molecule has 0 bridgehead atoms. The van der Waals surface area contributed by atoms with Crippen molar-refractivity contribution in [2.75, 3.05) is 0 Å². The molecule has 18 heavy (non-hydrogen) atoms. The zero-order valence-corrected chi connectivity index (χ0v) is 10.9. The molecule has 0 aliphatic rings. The third-order valence-corrected chi connectivity index (χ3v) is 3.12. The summed E-state index contributed by atoms with van der Waals surface area (Å²) in [5, 5.41) is 4.32. The average molecular weight is 243 g/mol. The second kappa shape index (κ2) is 6.36. The highest BCUT2D eigenvalue weighted by molar-refractivity contribution is 5.14. The van der Waals surface area contributed by atoms with E-state index in [1.165, 1.54) is 12.0 Å². The summed E-state index contributed by atoms with van der Waals surface area (Å²) in [5.41, 5.74) is 8.33. The van der Waals surface area contributed by atoms with Crippen LogP contribution in [0.1, 0.15) is 36.9 Å². The van der Waals surface area contributed by atoms with Gasteiger partial charge in [-0.3, -0.25) is 4.68 Å². The van der Waals surface area contributed by atoms with Gasteiger partial charge in [-0.05, 0) is 31.7 Å². The summed E-state index contributed by atoms with van der Waals surface area (Å²) < 4.78 is 1.99. The molecular formula is C15H21N3. The molecule has 0 radical (unpaired) electrons. The van der Waals surface area contributed by atoms with E-state index < -0.39 is 0 Å². The predicted octanol–water partition coefficient (Wildman–Crippen LogP) is 2.93. The van der Waals surface area contributed by atoms with E-state index in [4.69, 9.17) is 5.73 Å². The minimum Gasteiger partial charge on any atom is -0.324 e. The van der Waals surface area contributed by atoms with Gasteiger partial charge in [0.2, 0.25) is 0 Å². The van der Waals surface area contributed by atoms with Gasteiger partial charge in [0.05, 0.1) is 6.20 Å². The van der Waals surface area contributed by atoms with E-state index >= 15 is 0 Å². The summed E-state index contributed by atoms with van der Waals surface area (Å²) in [5.74, 6) is 0. The van der Waals surface area contributed by atoms with Crippen LogP contribution in [0.4, 0.5) is 0 Å². The molecule has 0 unspecified atom stereocenters. The Bertz CT molecular complexity index is 460. The molecule has 0 amide bonds. The van der Waals surface area contributed by atoms with Gasteiger partial charge in [0.15, 0.2) is 0 Å². The van der Waals surface area contributed by atoms with E-state index in [2.05, 4.69) is 35.4 Å². The summed E-state index contributed by atoms with van der Waals surface area (Å²) in [7, 11) is 0. The van der Waals surface area contributed by atoms with E-state index in [1.54, 1.807) is 0 Å². The van der Waals surface area contributed by atoms with Gasteiger partial charge in [-0.25, -0.2) is 0 Å². The number of aryl methyl sites for hydroxylation is 2. The second-order valence-corrected chi connectivity index (χ2v) is 4.77. The molecule has 0 spiro atoms. The molecule has 2 aromatic rings. The Balaban J connectivity index is 1.72. The van der Waals surface area contributed by atoms with Crippen molar-refractivity contribution < 1.29 is 0 Å². The maximum Gasteiger partial charge on any atom is 0.0537 e. The molecule has 1 aromatic carbocycles. The number of benzene rings is 1. The lowest BCUT2D eigenvalue weighted by Gasteiger charge is -2.03. The first-order valence-corrected chi connectivity index (χ1v) is 6.57. The van der Waals surface area contributed by atoms with Crippen molar-refractivity contribution in [3.8, 4) is 0 Å². The van der Waals surface area contributed by atoms with Crippen LogP contribution in [0, 0.1) is 0 Å². The van der Waals surface area contributed by atoms with E-state index in [9.17, 15) is 0 Å². The topological polar surface area (TPSA) is 43.8 Å². The summed E-state index contributed by atoms with van der Waals surface area (Å²) in [6.07, 6.45) is 7.39. The number of hydrogen-bond donors (Lipinski definition) is 1. The fourth-order valence-electron chi connectivity index (χ4n) is 1.98. The first-order chi connectivity index (χ1) is 8.75. The third kappa shape index (κ3) is 3.70. The maximum absolute atomic E-state index is 5.80. The van der Waals surface area contributed by atoms with Gasteiger partial charge >= 0.3 is 0 Å². The van der Waals surface area contributed by atoms with Crippen molar-refractivity contribution in [1.29, 1.82) is 0 Å². The molecule has 2 rings (SSSR count). The van der Waals surface area contributed by atoms with Gasteiger partial charge in [-0.1, -0.05) is 30.3 Å². The van der Waals surface area contributed by atoms with Crippen molar-refractivity contribution in [1.82, 2.24) is 9.78 Å². The molecule has 1 heterocycles. The molecule has 0 fully saturated rings. The first-order valence-electron chi connectivity index (χ1n) is 6.57. The van der Waals surface area contributed by atoms with Crippen LogP contribution in [0.5, 0.6) is 0 Å². The third-order valence-electron chi connectivity index (χ3n) is 3.12. The van der Waals surface area contributed by atoms with E-state index in [0.717, 1.165) is 24.9 Å². The predicted molar refractivity (Wildman–Crippen MR) is 74.2 cm³/mol. The highest BCUT2D eigenvalue weighted by atomic mass is 15.3. The number of hydrogen-bond acceptors (Lipinski definition) is 2. The fourth-order valence-corrected chi connectivity index (χ4v) is 1.98. The summed E-state index contributed by atoms with van der Waals surface area (Å²) in [4.78, 5) is 0. The quantitative estimate of drug-likeness (QED) is 0.793. The van der Waals surface area contributed by atoms with Gasteiger partial charge < -0.3 is 5.73 Å². The van der Waals surface area contributed by atoms with Crippen molar-refractivity contribution >= 4 is 0 Å². The molecule has 0 saturated heterocycles. The van der Waals surface area contributed by atoms with E-state index in [-0.39, 0.29) is 6.04 Å². The summed E-state index contributed by atoms with van der Waals surface area (Å²) >= 11 is 0. The van der Waals surface area contributed by atoms with Crippen molar-refractivity contribution in [3.05, 3.63) is 53.9 Å². The van der Waals surface area contributed by atoms with Crippen LogP contribution in [-0.2, 0) is 13.0 Å². The van der Waals surface area contributed by atoms with Crippen molar-refractivity contribution in [2.45, 2.75) is 38.8 Å². The molecule has 3 nitrogen and oxygen atoms in total. The SMILES string of the molecule is C[C@@H](N)c1cnn(CCCCc2ccccc2)c1. The monoisotopic (exact) mass is 243 g/mol. The molecule has 1 aromatic heterocycles. The van der Waals surface area contributed by atoms with Crippen LogP contribution in [0.2, 0.25) is 0 Å². The smallest absolute Gasteiger partial charge is 0.0537 e. The molecule has 0 aliphatic heterocycles. The number of nitrogens with two attached hydrogens (primary N) is 1. The van der Waals surface area contributed by atoms with Gasteiger partial charge in [-0.15, -0.1) is 0 Å². The van der Waals surface area contributed by atoms with Crippen LogP contribution < -0.4 is 5.73 Å². The molecule has 1 atom stereocenters. The van der Waals surface area contributed by atoms with Crippen LogP contribution in [0.15, 0.2) is 42.7 Å². The van der Waals surface area contributed by atoms with Crippen molar-refractivity contribution in [2.24, 2.45) is 5.73 Å². The minimum absolute atomic E-state index is 0.0723. The largest absolute Gasteiger partial charge is 0.324 e. The average Bonchev–Trinajstić information content (AvgIpc) is 2.85. The molecule has 2 N–H and O–H groups in total. The Labute approximate surface area is 109 Å². The zero-order valence-electron chi connectivity index (χ0n) is 10.9. The molecule has 0 aliphatic carbocycles. The molecule has 0 saturated carbocycles. The maximum atomic E-state index is 5.80. The van der Waals surface area contributed by atoms with Crippen molar-refractivity contribution in [3.63, 3.8) is 0 Å². The van der Waals surface area contributed by atoms with Crippen LogP contribution in [-0.4, -0.2) is 9.78 Å². The minimum atomic E-state index is 0.0723. The van der Waals surface area contributed by atoms with Gasteiger partial charge in [0.25, 0.3) is 0 Å². The molecular weight excluding hydrogens is 222 g/mol. The van der Waals surface area contributed by atoms with Crippen LogP contribution in [0.25, 0.3) is 0 Å². The van der Waals surface area contributed by atoms with Crippen LogP contribution in [0.3, 0.4) is 0 Å². The lowest BCUT2D eigenvalue weighted by atomic mass is 10.1. The highest BCUT2D eigenvalue weighted by Gasteiger charge is 2.02. The number of nitrogens with zero attached hydrogens (tertiary/aromatic N) is 2.